The highest BCUT2D eigenvalue weighted by atomic mass is 16.5. The summed E-state index contributed by atoms with van der Waals surface area (Å²) in [6.07, 6.45) is 0.485. The fraction of sp³-hybridized carbons (Fsp3) is 0.600. The third-order valence-electron chi connectivity index (χ3n) is 1.90. The highest BCUT2D eigenvalue weighted by Gasteiger charge is 2.16. The highest BCUT2D eigenvalue weighted by molar-refractivity contribution is 5.86. The fourth-order valence-electron chi connectivity index (χ4n) is 0.971. The number of hydrogen-bond donors (Lipinski definition) is 2. The Bertz CT molecular complexity index is 251. The van der Waals surface area contributed by atoms with Crippen molar-refractivity contribution < 1.29 is 14.3 Å². The van der Waals surface area contributed by atoms with Gasteiger partial charge in [0.2, 0.25) is 0 Å². The zero-order valence-corrected chi connectivity index (χ0v) is 9.21. The predicted octanol–water partition coefficient (Wildman–Crippen LogP) is -0.0408. The maximum atomic E-state index is 11.2. The Morgan fingerprint density at radius 3 is 2.53 bits per heavy atom. The van der Waals surface area contributed by atoms with Crippen molar-refractivity contribution >= 4 is 11.8 Å². The first-order chi connectivity index (χ1) is 6.97. The molecule has 0 aliphatic carbocycles. The number of carbonyl (C=O) groups is 2. The van der Waals surface area contributed by atoms with Crippen LogP contribution in [0.2, 0.25) is 0 Å². The van der Waals surface area contributed by atoms with Gasteiger partial charge in [-0.1, -0.05) is 6.58 Å². The standard InChI is InChI=1S/C10H18N2O3/c1-7(11)4-5-15-10(14)6-9(12-3)8(2)13/h9,12H,1,4-6,11H2,2-3H3. The van der Waals surface area contributed by atoms with Gasteiger partial charge >= 0.3 is 5.97 Å². The molecule has 5 heteroatoms. The molecule has 0 aromatic carbocycles. The van der Waals surface area contributed by atoms with E-state index in [1.807, 2.05) is 0 Å². The summed E-state index contributed by atoms with van der Waals surface area (Å²) < 4.78 is 4.86. The van der Waals surface area contributed by atoms with E-state index in [-0.39, 0.29) is 18.8 Å². The van der Waals surface area contributed by atoms with Crippen LogP contribution in [0.4, 0.5) is 0 Å². The lowest BCUT2D eigenvalue weighted by Gasteiger charge is -2.11. The van der Waals surface area contributed by atoms with Gasteiger partial charge in [-0.05, 0) is 14.0 Å². The van der Waals surface area contributed by atoms with E-state index in [4.69, 9.17) is 10.5 Å². The first-order valence-corrected chi connectivity index (χ1v) is 4.74. The van der Waals surface area contributed by atoms with Crippen LogP contribution < -0.4 is 11.1 Å². The summed E-state index contributed by atoms with van der Waals surface area (Å²) in [6.45, 7) is 5.11. The van der Waals surface area contributed by atoms with Crippen LogP contribution in [-0.4, -0.2) is 31.4 Å². The minimum Gasteiger partial charge on any atom is -0.465 e. The van der Waals surface area contributed by atoms with Crippen molar-refractivity contribution in [2.24, 2.45) is 5.73 Å². The van der Waals surface area contributed by atoms with Crippen LogP contribution in [-0.2, 0) is 14.3 Å². The molecule has 0 aromatic rings. The molecule has 5 nitrogen and oxygen atoms in total. The molecule has 0 radical (unpaired) electrons. The monoisotopic (exact) mass is 214 g/mol. The molecule has 3 N–H and O–H groups in total. The topological polar surface area (TPSA) is 81.4 Å². The number of rotatable bonds is 7. The van der Waals surface area contributed by atoms with E-state index in [9.17, 15) is 9.59 Å². The third-order valence-corrected chi connectivity index (χ3v) is 1.90. The van der Waals surface area contributed by atoms with Crippen LogP contribution in [0.3, 0.4) is 0 Å². The molecular formula is C10H18N2O3. The molecule has 0 saturated heterocycles. The fourth-order valence-corrected chi connectivity index (χ4v) is 0.971. The summed E-state index contributed by atoms with van der Waals surface area (Å²) in [6, 6.07) is -0.474. The zero-order valence-electron chi connectivity index (χ0n) is 9.21. The van der Waals surface area contributed by atoms with Crippen LogP contribution in [0, 0.1) is 0 Å². The lowest BCUT2D eigenvalue weighted by atomic mass is 10.1. The molecule has 86 valence electrons. The van der Waals surface area contributed by atoms with Gasteiger partial charge in [0, 0.05) is 12.1 Å². The zero-order chi connectivity index (χ0) is 11.8. The van der Waals surface area contributed by atoms with Gasteiger partial charge < -0.3 is 15.8 Å². The number of likely N-dealkylation sites (N-methyl/N-ethyl adjacent to an activating group) is 1. The number of ether oxygens (including phenoxy) is 1. The van der Waals surface area contributed by atoms with Crippen molar-refractivity contribution in [1.29, 1.82) is 0 Å². The van der Waals surface area contributed by atoms with Gasteiger partial charge in [0.05, 0.1) is 19.1 Å². The number of carbonyl (C=O) groups excluding carboxylic acids is 2. The van der Waals surface area contributed by atoms with Crippen molar-refractivity contribution in [2.75, 3.05) is 13.7 Å². The summed E-state index contributed by atoms with van der Waals surface area (Å²) in [5, 5.41) is 2.74. The van der Waals surface area contributed by atoms with Crippen molar-refractivity contribution in [1.82, 2.24) is 5.32 Å². The summed E-state index contributed by atoms with van der Waals surface area (Å²) >= 11 is 0. The van der Waals surface area contributed by atoms with Crippen LogP contribution >= 0.6 is 0 Å². The molecule has 0 aliphatic rings. The molecule has 0 bridgehead atoms. The van der Waals surface area contributed by atoms with Crippen LogP contribution in [0.25, 0.3) is 0 Å². The normalized spacial score (nSPS) is 11.9. The second kappa shape index (κ2) is 7.00. The Labute approximate surface area is 89.7 Å². The molecule has 0 fully saturated rings. The van der Waals surface area contributed by atoms with Gasteiger partial charge in [-0.15, -0.1) is 0 Å². The van der Waals surface area contributed by atoms with Crippen molar-refractivity contribution in [3.63, 3.8) is 0 Å². The molecule has 0 spiro atoms. The number of esters is 1. The van der Waals surface area contributed by atoms with Gasteiger partial charge in [-0.25, -0.2) is 0 Å². The molecule has 1 atom stereocenters. The molecule has 0 rings (SSSR count). The number of nitrogens with one attached hydrogen (secondary N) is 1. The minimum atomic E-state index is -0.474. The number of Topliss-reactive ketones (excluding diaryl/α,β-unsaturated/α-hetero) is 1. The molecular weight excluding hydrogens is 196 g/mol. The maximum Gasteiger partial charge on any atom is 0.307 e. The van der Waals surface area contributed by atoms with E-state index < -0.39 is 12.0 Å². The molecule has 0 amide bonds. The summed E-state index contributed by atoms with van der Waals surface area (Å²) in [4.78, 5) is 22.2. The third kappa shape index (κ3) is 6.68. The van der Waals surface area contributed by atoms with Crippen molar-refractivity contribution in [3.8, 4) is 0 Å². The predicted molar refractivity (Wildman–Crippen MR) is 57.0 cm³/mol. The Kier molecular flexibility index (Phi) is 6.37. The van der Waals surface area contributed by atoms with E-state index in [0.717, 1.165) is 0 Å². The van der Waals surface area contributed by atoms with Gasteiger partial charge in [0.1, 0.15) is 5.78 Å². The average molecular weight is 214 g/mol. The largest absolute Gasteiger partial charge is 0.465 e. The molecule has 0 aliphatic heterocycles. The summed E-state index contributed by atoms with van der Waals surface area (Å²) in [5.74, 6) is -0.497. The number of ketones is 1. The molecule has 15 heavy (non-hydrogen) atoms. The Hall–Kier alpha value is -1.36. The maximum absolute atomic E-state index is 11.2. The van der Waals surface area contributed by atoms with Crippen molar-refractivity contribution in [3.05, 3.63) is 12.3 Å². The van der Waals surface area contributed by atoms with Gasteiger partial charge in [0.15, 0.2) is 0 Å². The lowest BCUT2D eigenvalue weighted by molar-refractivity contribution is -0.145. The van der Waals surface area contributed by atoms with Crippen molar-refractivity contribution in [2.45, 2.75) is 25.8 Å². The van der Waals surface area contributed by atoms with E-state index >= 15 is 0 Å². The average Bonchev–Trinajstić information content (AvgIpc) is 2.13. The van der Waals surface area contributed by atoms with Gasteiger partial charge in [-0.3, -0.25) is 9.59 Å². The second-order valence-electron chi connectivity index (χ2n) is 3.28. The van der Waals surface area contributed by atoms with Crippen LogP contribution in [0.1, 0.15) is 19.8 Å². The Morgan fingerprint density at radius 1 is 1.53 bits per heavy atom. The van der Waals surface area contributed by atoms with E-state index in [1.54, 1.807) is 7.05 Å². The summed E-state index contributed by atoms with van der Waals surface area (Å²) in [7, 11) is 1.63. The number of nitrogens with two attached hydrogens (primary N) is 1. The van der Waals surface area contributed by atoms with E-state index in [0.29, 0.717) is 12.1 Å². The van der Waals surface area contributed by atoms with Crippen LogP contribution in [0.15, 0.2) is 12.3 Å². The molecule has 1 unspecified atom stereocenters. The lowest BCUT2D eigenvalue weighted by Crippen LogP contribution is -2.35. The summed E-state index contributed by atoms with van der Waals surface area (Å²) in [5.41, 5.74) is 5.77. The Balaban J connectivity index is 3.81. The smallest absolute Gasteiger partial charge is 0.307 e. The molecule has 0 aromatic heterocycles. The van der Waals surface area contributed by atoms with Gasteiger partial charge in [0.25, 0.3) is 0 Å². The first kappa shape index (κ1) is 13.6. The molecule has 0 heterocycles. The Morgan fingerprint density at radius 2 is 2.13 bits per heavy atom. The quantitative estimate of drug-likeness (QED) is 0.581. The molecule has 0 saturated carbocycles. The second-order valence-corrected chi connectivity index (χ2v) is 3.28. The number of hydrogen-bond acceptors (Lipinski definition) is 5. The van der Waals surface area contributed by atoms with Crippen LogP contribution in [0.5, 0.6) is 0 Å². The van der Waals surface area contributed by atoms with E-state index in [1.165, 1.54) is 6.92 Å². The van der Waals surface area contributed by atoms with Gasteiger partial charge in [-0.2, -0.15) is 0 Å². The highest BCUT2D eigenvalue weighted by Crippen LogP contribution is 1.98. The SMILES string of the molecule is C=C(N)CCOC(=O)CC(NC)C(C)=O. The van der Waals surface area contributed by atoms with E-state index in [2.05, 4.69) is 11.9 Å². The first-order valence-electron chi connectivity index (χ1n) is 4.74. The minimum absolute atomic E-state index is 0.0445.